The molecule has 8 heteroatoms. The topological polar surface area (TPSA) is 110 Å². The van der Waals surface area contributed by atoms with Crippen LogP contribution in [0, 0.1) is 5.92 Å². The van der Waals surface area contributed by atoms with Gasteiger partial charge in [0, 0.05) is 6.54 Å². The van der Waals surface area contributed by atoms with Crippen LogP contribution in [0.25, 0.3) is 10.9 Å². The van der Waals surface area contributed by atoms with Crippen LogP contribution in [0.5, 0.6) is 0 Å². The number of carbonyl (C=O) groups excluding carboxylic acids is 1. The molecule has 1 heterocycles. The quantitative estimate of drug-likeness (QED) is 0.721. The molecule has 0 bridgehead atoms. The molecular weight excluding hydrogens is 332 g/mol. The van der Waals surface area contributed by atoms with Crippen LogP contribution < -0.4 is 22.3 Å². The molecule has 1 aliphatic rings. The Kier molecular flexibility index (Phi) is 5.15. The minimum atomic E-state index is -0.593. The van der Waals surface area contributed by atoms with Gasteiger partial charge in [-0.15, -0.1) is 12.4 Å². The van der Waals surface area contributed by atoms with Gasteiger partial charge in [0.2, 0.25) is 5.91 Å². The normalized spacial score (nSPS) is 16.2. The van der Waals surface area contributed by atoms with Crippen LogP contribution in [0.4, 0.5) is 0 Å². The van der Waals surface area contributed by atoms with Gasteiger partial charge in [-0.05, 0) is 37.8 Å². The first-order valence-electron chi connectivity index (χ1n) is 7.67. The molecule has 1 aromatic carbocycles. The number of hydrogen-bond acceptors (Lipinski definition) is 4. The smallest absolute Gasteiger partial charge is 0.329 e. The zero-order valence-electron chi connectivity index (χ0n) is 13.4. The average Bonchev–Trinajstić information content (AvgIpc) is 3.36. The predicted octanol–water partition coefficient (Wildman–Crippen LogP) is 0.355. The third kappa shape index (κ3) is 3.37. The molecule has 0 spiro atoms. The maximum absolute atomic E-state index is 12.4. The molecule has 1 unspecified atom stereocenters. The van der Waals surface area contributed by atoms with Crippen LogP contribution in [-0.4, -0.2) is 27.5 Å². The number of hydrogen-bond donors (Lipinski definition) is 3. The van der Waals surface area contributed by atoms with E-state index in [1.54, 1.807) is 24.3 Å². The van der Waals surface area contributed by atoms with Crippen molar-refractivity contribution < 1.29 is 4.79 Å². The summed E-state index contributed by atoms with van der Waals surface area (Å²) in [6.07, 6.45) is 2.06. The lowest BCUT2D eigenvalue weighted by Gasteiger charge is -2.29. The number of nitrogens with zero attached hydrogens (tertiary/aromatic N) is 1. The minimum Gasteiger partial charge on any atom is -0.348 e. The lowest BCUT2D eigenvalue weighted by Crippen LogP contribution is -2.55. The van der Waals surface area contributed by atoms with Crippen molar-refractivity contribution in [2.24, 2.45) is 11.7 Å². The molecular formula is C16H21ClN4O3. The van der Waals surface area contributed by atoms with Crippen LogP contribution in [-0.2, 0) is 11.3 Å². The molecule has 3 rings (SSSR count). The fourth-order valence-corrected chi connectivity index (χ4v) is 2.88. The minimum absolute atomic E-state index is 0. The van der Waals surface area contributed by atoms with E-state index in [-0.39, 0.29) is 24.9 Å². The molecule has 7 nitrogen and oxygen atoms in total. The highest BCUT2D eigenvalue weighted by molar-refractivity contribution is 5.85. The third-order valence-electron chi connectivity index (χ3n) is 4.52. The van der Waals surface area contributed by atoms with Gasteiger partial charge in [0.05, 0.1) is 16.4 Å². The molecule has 1 saturated carbocycles. The molecule has 130 valence electrons. The zero-order valence-corrected chi connectivity index (χ0v) is 14.2. The van der Waals surface area contributed by atoms with Crippen molar-refractivity contribution >= 4 is 29.2 Å². The first-order valence-corrected chi connectivity index (χ1v) is 7.67. The molecule has 1 aromatic heterocycles. The van der Waals surface area contributed by atoms with Gasteiger partial charge in [0.25, 0.3) is 5.56 Å². The van der Waals surface area contributed by atoms with Crippen molar-refractivity contribution in [1.82, 2.24) is 14.9 Å². The van der Waals surface area contributed by atoms with Crippen molar-refractivity contribution in [2.45, 2.75) is 31.8 Å². The molecule has 1 fully saturated rings. The summed E-state index contributed by atoms with van der Waals surface area (Å²) >= 11 is 0. The molecule has 1 amide bonds. The molecule has 1 aliphatic carbocycles. The van der Waals surface area contributed by atoms with Crippen LogP contribution in [0.15, 0.2) is 33.9 Å². The van der Waals surface area contributed by atoms with Crippen molar-refractivity contribution in [2.75, 3.05) is 6.54 Å². The number of aromatic nitrogens is 2. The van der Waals surface area contributed by atoms with E-state index in [9.17, 15) is 14.4 Å². The van der Waals surface area contributed by atoms with Crippen molar-refractivity contribution in [3.8, 4) is 0 Å². The second-order valence-corrected chi connectivity index (χ2v) is 6.31. The molecule has 0 saturated heterocycles. The van der Waals surface area contributed by atoms with E-state index in [4.69, 9.17) is 5.73 Å². The molecule has 4 N–H and O–H groups in total. The first-order chi connectivity index (χ1) is 10.9. The number of benzene rings is 1. The Balaban J connectivity index is 0.00000208. The van der Waals surface area contributed by atoms with Crippen LogP contribution in [0.2, 0.25) is 0 Å². The summed E-state index contributed by atoms with van der Waals surface area (Å²) in [6.45, 7) is 1.91. The highest BCUT2D eigenvalue weighted by Crippen LogP contribution is 2.38. The van der Waals surface area contributed by atoms with E-state index in [0.29, 0.717) is 23.4 Å². The summed E-state index contributed by atoms with van der Waals surface area (Å²) in [5.41, 5.74) is 4.69. The second kappa shape index (κ2) is 6.78. The maximum Gasteiger partial charge on any atom is 0.329 e. The van der Waals surface area contributed by atoms with Gasteiger partial charge < -0.3 is 16.0 Å². The number of rotatable bonds is 5. The average molecular weight is 353 g/mol. The molecule has 0 aliphatic heterocycles. The SMILES string of the molecule is CC(CN)(NC(=O)Cn1c(=O)[nH]c2ccccc2c1=O)C1CC1.Cl. The lowest BCUT2D eigenvalue weighted by molar-refractivity contribution is -0.123. The lowest BCUT2D eigenvalue weighted by atomic mass is 9.96. The van der Waals surface area contributed by atoms with Gasteiger partial charge >= 0.3 is 5.69 Å². The molecule has 24 heavy (non-hydrogen) atoms. The van der Waals surface area contributed by atoms with Gasteiger partial charge in [-0.2, -0.15) is 0 Å². The van der Waals surface area contributed by atoms with Crippen LogP contribution in [0.3, 0.4) is 0 Å². The molecule has 1 atom stereocenters. The number of H-pyrrole nitrogens is 1. The highest BCUT2D eigenvalue weighted by Gasteiger charge is 2.41. The standard InChI is InChI=1S/C16H20N4O3.ClH/c1-16(9-17,10-6-7-10)19-13(21)8-20-14(22)11-4-2-3-5-12(11)18-15(20)23;/h2-5,10H,6-9,17H2,1H3,(H,18,23)(H,19,21);1H. The number of para-hydroxylation sites is 1. The van der Waals surface area contributed by atoms with Crippen molar-refractivity contribution in [3.63, 3.8) is 0 Å². The number of nitrogens with one attached hydrogen (secondary N) is 2. The fraction of sp³-hybridized carbons (Fsp3) is 0.438. The number of fused-ring (bicyclic) bond motifs is 1. The van der Waals surface area contributed by atoms with Crippen molar-refractivity contribution in [3.05, 3.63) is 45.1 Å². The highest BCUT2D eigenvalue weighted by atomic mass is 35.5. The summed E-state index contributed by atoms with van der Waals surface area (Å²) in [7, 11) is 0. The largest absolute Gasteiger partial charge is 0.348 e. The predicted molar refractivity (Wildman–Crippen MR) is 94.4 cm³/mol. The molecule has 2 aromatic rings. The van der Waals surface area contributed by atoms with E-state index >= 15 is 0 Å². The Morgan fingerprint density at radius 1 is 1.38 bits per heavy atom. The van der Waals surface area contributed by atoms with E-state index < -0.39 is 16.8 Å². The van der Waals surface area contributed by atoms with Crippen LogP contribution in [0.1, 0.15) is 19.8 Å². The van der Waals surface area contributed by atoms with Crippen molar-refractivity contribution in [1.29, 1.82) is 0 Å². The van der Waals surface area contributed by atoms with E-state index in [1.165, 1.54) is 0 Å². The fourth-order valence-electron chi connectivity index (χ4n) is 2.88. The number of nitrogens with two attached hydrogens (primary N) is 1. The number of halogens is 1. The van der Waals surface area contributed by atoms with Gasteiger partial charge in [0.15, 0.2) is 0 Å². The Bertz CT molecular complexity index is 871. The summed E-state index contributed by atoms with van der Waals surface area (Å²) in [5.74, 6) is -0.0178. The second-order valence-electron chi connectivity index (χ2n) is 6.31. The number of aromatic amines is 1. The summed E-state index contributed by atoms with van der Waals surface area (Å²) < 4.78 is 0.918. The summed E-state index contributed by atoms with van der Waals surface area (Å²) in [4.78, 5) is 39.4. The van der Waals surface area contributed by atoms with Crippen LogP contribution >= 0.6 is 12.4 Å². The first kappa shape index (κ1) is 18.2. The van der Waals surface area contributed by atoms with E-state index in [1.807, 2.05) is 6.92 Å². The monoisotopic (exact) mass is 352 g/mol. The maximum atomic E-state index is 12.4. The number of carbonyl (C=O) groups is 1. The zero-order chi connectivity index (χ0) is 16.6. The van der Waals surface area contributed by atoms with E-state index in [2.05, 4.69) is 10.3 Å². The molecule has 0 radical (unpaired) electrons. The Labute approximate surface area is 144 Å². The van der Waals surface area contributed by atoms with Gasteiger partial charge in [0.1, 0.15) is 6.54 Å². The Hall–Kier alpha value is -2.12. The Morgan fingerprint density at radius 2 is 2.04 bits per heavy atom. The van der Waals surface area contributed by atoms with Gasteiger partial charge in [-0.25, -0.2) is 4.79 Å². The number of amides is 1. The Morgan fingerprint density at radius 3 is 2.67 bits per heavy atom. The summed E-state index contributed by atoms with van der Waals surface area (Å²) in [6, 6.07) is 6.72. The van der Waals surface area contributed by atoms with E-state index in [0.717, 1.165) is 17.4 Å². The van der Waals surface area contributed by atoms with Gasteiger partial charge in [-0.1, -0.05) is 12.1 Å². The van der Waals surface area contributed by atoms with Gasteiger partial charge in [-0.3, -0.25) is 14.2 Å². The summed E-state index contributed by atoms with van der Waals surface area (Å²) in [5, 5.41) is 3.26. The third-order valence-corrected chi connectivity index (χ3v) is 4.52.